The summed E-state index contributed by atoms with van der Waals surface area (Å²) >= 11 is 0. The van der Waals surface area contributed by atoms with Crippen molar-refractivity contribution in [3.8, 4) is 0 Å². The lowest BCUT2D eigenvalue weighted by molar-refractivity contribution is 0.0283. The summed E-state index contributed by atoms with van der Waals surface area (Å²) in [5.74, 6) is 0.550. The van der Waals surface area contributed by atoms with Crippen LogP contribution in [0.15, 0.2) is 36.5 Å². The zero-order valence-corrected chi connectivity index (χ0v) is 9.54. The fourth-order valence-corrected chi connectivity index (χ4v) is 2.28. The van der Waals surface area contributed by atoms with Crippen LogP contribution in [0.1, 0.15) is 17.2 Å². The molecule has 2 aromatic rings. The summed E-state index contributed by atoms with van der Waals surface area (Å²) in [6, 6.07) is 10.2. The van der Waals surface area contributed by atoms with Crippen molar-refractivity contribution in [2.24, 2.45) is 0 Å². The van der Waals surface area contributed by atoms with Crippen molar-refractivity contribution in [1.29, 1.82) is 0 Å². The molecule has 0 bridgehead atoms. The molecule has 0 aliphatic carbocycles. The van der Waals surface area contributed by atoms with E-state index in [1.54, 1.807) is 6.07 Å². The number of anilines is 1. The molecule has 17 heavy (non-hydrogen) atoms. The van der Waals surface area contributed by atoms with Gasteiger partial charge in [0.1, 0.15) is 11.9 Å². The van der Waals surface area contributed by atoms with Gasteiger partial charge in [-0.3, -0.25) is 4.68 Å². The van der Waals surface area contributed by atoms with Crippen LogP contribution < -0.4 is 5.73 Å². The number of nitrogens with two attached hydrogens (primary N) is 1. The highest BCUT2D eigenvalue weighted by molar-refractivity contribution is 5.31. The van der Waals surface area contributed by atoms with Crippen LogP contribution in [0.2, 0.25) is 0 Å². The highest BCUT2D eigenvalue weighted by Gasteiger charge is 2.20. The van der Waals surface area contributed by atoms with Crippen LogP contribution in [-0.2, 0) is 17.7 Å². The molecule has 1 aliphatic rings. The van der Waals surface area contributed by atoms with E-state index in [1.165, 1.54) is 11.1 Å². The number of ether oxygens (including phenoxy) is 1. The van der Waals surface area contributed by atoms with E-state index < -0.39 is 0 Å². The normalized spacial score (nSPS) is 18.9. The van der Waals surface area contributed by atoms with Gasteiger partial charge in [0.15, 0.2) is 0 Å². The monoisotopic (exact) mass is 229 g/mol. The molecule has 0 saturated carbocycles. The third-order valence-electron chi connectivity index (χ3n) is 3.11. The summed E-state index contributed by atoms with van der Waals surface area (Å²) in [4.78, 5) is 0. The number of aromatic nitrogens is 2. The largest absolute Gasteiger partial charge is 0.382 e. The first-order valence-electron chi connectivity index (χ1n) is 5.81. The SMILES string of the molecule is Nc1ccn(CC2OCCc3ccccc32)n1. The van der Waals surface area contributed by atoms with E-state index >= 15 is 0 Å². The van der Waals surface area contributed by atoms with Crippen LogP contribution in [0.3, 0.4) is 0 Å². The Bertz CT molecular complexity index is 521. The molecule has 1 atom stereocenters. The van der Waals surface area contributed by atoms with Crippen LogP contribution in [0, 0.1) is 0 Å². The molecule has 0 saturated heterocycles. The second-order valence-electron chi connectivity index (χ2n) is 4.27. The molecule has 0 amide bonds. The Labute approximate surface area is 100 Å². The van der Waals surface area contributed by atoms with Crippen molar-refractivity contribution in [3.63, 3.8) is 0 Å². The molecule has 1 unspecified atom stereocenters. The summed E-state index contributed by atoms with van der Waals surface area (Å²) in [7, 11) is 0. The van der Waals surface area contributed by atoms with Gasteiger partial charge in [0.2, 0.25) is 0 Å². The molecule has 1 aromatic carbocycles. The Hall–Kier alpha value is -1.81. The minimum absolute atomic E-state index is 0.0826. The van der Waals surface area contributed by atoms with Crippen molar-refractivity contribution in [1.82, 2.24) is 9.78 Å². The predicted molar refractivity (Wildman–Crippen MR) is 65.5 cm³/mol. The van der Waals surface area contributed by atoms with Gasteiger partial charge in [0, 0.05) is 6.20 Å². The van der Waals surface area contributed by atoms with E-state index in [9.17, 15) is 0 Å². The fraction of sp³-hybridized carbons (Fsp3) is 0.308. The molecule has 1 aliphatic heterocycles. The molecule has 0 radical (unpaired) electrons. The number of nitrogens with zero attached hydrogens (tertiary/aromatic N) is 2. The van der Waals surface area contributed by atoms with Gasteiger partial charge in [-0.2, -0.15) is 5.10 Å². The van der Waals surface area contributed by atoms with Gasteiger partial charge in [0.25, 0.3) is 0 Å². The molecule has 3 rings (SSSR count). The van der Waals surface area contributed by atoms with E-state index in [0.717, 1.165) is 13.0 Å². The zero-order chi connectivity index (χ0) is 11.7. The van der Waals surface area contributed by atoms with Gasteiger partial charge in [-0.25, -0.2) is 0 Å². The minimum atomic E-state index is 0.0826. The smallest absolute Gasteiger partial charge is 0.145 e. The van der Waals surface area contributed by atoms with Crippen LogP contribution in [0.4, 0.5) is 5.82 Å². The first-order chi connectivity index (χ1) is 8.33. The molecule has 2 heterocycles. The minimum Gasteiger partial charge on any atom is -0.382 e. The third kappa shape index (κ3) is 2.03. The summed E-state index contributed by atoms with van der Waals surface area (Å²) in [6.07, 6.45) is 2.96. The summed E-state index contributed by atoms with van der Waals surface area (Å²) in [5.41, 5.74) is 8.26. The fourth-order valence-electron chi connectivity index (χ4n) is 2.28. The maximum absolute atomic E-state index is 5.82. The van der Waals surface area contributed by atoms with E-state index in [4.69, 9.17) is 10.5 Å². The number of hydrogen-bond donors (Lipinski definition) is 1. The van der Waals surface area contributed by atoms with Gasteiger partial charge < -0.3 is 10.5 Å². The Morgan fingerprint density at radius 3 is 3.06 bits per heavy atom. The Kier molecular flexibility index (Phi) is 2.57. The second-order valence-corrected chi connectivity index (χ2v) is 4.27. The van der Waals surface area contributed by atoms with Crippen LogP contribution in [0.5, 0.6) is 0 Å². The zero-order valence-electron chi connectivity index (χ0n) is 9.54. The van der Waals surface area contributed by atoms with Crippen molar-refractivity contribution in [2.45, 2.75) is 19.1 Å². The maximum Gasteiger partial charge on any atom is 0.145 e. The molecule has 0 fully saturated rings. The van der Waals surface area contributed by atoms with Crippen molar-refractivity contribution in [3.05, 3.63) is 47.7 Å². The third-order valence-corrected chi connectivity index (χ3v) is 3.11. The number of benzene rings is 1. The number of rotatable bonds is 2. The Morgan fingerprint density at radius 2 is 2.24 bits per heavy atom. The van der Waals surface area contributed by atoms with Gasteiger partial charge >= 0.3 is 0 Å². The van der Waals surface area contributed by atoms with Gasteiger partial charge in [-0.05, 0) is 23.6 Å². The molecule has 88 valence electrons. The lowest BCUT2D eigenvalue weighted by Gasteiger charge is -2.25. The van der Waals surface area contributed by atoms with Gasteiger partial charge in [-0.1, -0.05) is 24.3 Å². The Balaban J connectivity index is 1.85. The molecule has 1 aromatic heterocycles. The number of hydrogen-bond acceptors (Lipinski definition) is 3. The van der Waals surface area contributed by atoms with Crippen molar-refractivity contribution < 1.29 is 4.74 Å². The van der Waals surface area contributed by atoms with Crippen LogP contribution in [0.25, 0.3) is 0 Å². The molecule has 0 spiro atoms. The average Bonchev–Trinajstić information content (AvgIpc) is 2.75. The molecular weight excluding hydrogens is 214 g/mol. The predicted octanol–water partition coefficient (Wildman–Crippen LogP) is 1.78. The average molecular weight is 229 g/mol. The second kappa shape index (κ2) is 4.22. The standard InChI is InChI=1S/C13H15N3O/c14-13-5-7-16(15-13)9-12-11-4-2-1-3-10(11)6-8-17-12/h1-5,7,12H,6,8-9H2,(H2,14,15). The lowest BCUT2D eigenvalue weighted by Crippen LogP contribution is -2.20. The quantitative estimate of drug-likeness (QED) is 0.854. The van der Waals surface area contributed by atoms with Gasteiger partial charge in [-0.15, -0.1) is 0 Å². The highest BCUT2D eigenvalue weighted by atomic mass is 16.5. The molecule has 4 nitrogen and oxygen atoms in total. The molecule has 2 N–H and O–H groups in total. The molecular formula is C13H15N3O. The first-order valence-corrected chi connectivity index (χ1v) is 5.81. The number of fused-ring (bicyclic) bond motifs is 1. The van der Waals surface area contributed by atoms with Crippen molar-refractivity contribution >= 4 is 5.82 Å². The molecule has 4 heteroatoms. The maximum atomic E-state index is 5.82. The van der Waals surface area contributed by atoms with E-state index in [1.807, 2.05) is 10.9 Å². The summed E-state index contributed by atoms with van der Waals surface area (Å²) in [6.45, 7) is 1.49. The van der Waals surface area contributed by atoms with E-state index in [2.05, 4.69) is 29.4 Å². The first kappa shape index (κ1) is 10.4. The van der Waals surface area contributed by atoms with E-state index in [-0.39, 0.29) is 6.10 Å². The van der Waals surface area contributed by atoms with Gasteiger partial charge in [0.05, 0.1) is 13.2 Å². The van der Waals surface area contributed by atoms with Crippen LogP contribution in [-0.4, -0.2) is 16.4 Å². The topological polar surface area (TPSA) is 53.1 Å². The highest BCUT2D eigenvalue weighted by Crippen LogP contribution is 2.28. The number of nitrogen functional groups attached to an aromatic ring is 1. The summed E-state index contributed by atoms with van der Waals surface area (Å²) < 4.78 is 7.65. The Morgan fingerprint density at radius 1 is 1.35 bits per heavy atom. The lowest BCUT2D eigenvalue weighted by atomic mass is 9.98. The van der Waals surface area contributed by atoms with Crippen molar-refractivity contribution in [2.75, 3.05) is 12.3 Å². The summed E-state index contributed by atoms with van der Waals surface area (Å²) in [5, 5.41) is 4.19. The van der Waals surface area contributed by atoms with Crippen LogP contribution >= 0.6 is 0 Å². The van der Waals surface area contributed by atoms with E-state index in [0.29, 0.717) is 12.4 Å².